The Morgan fingerprint density at radius 1 is 1.11 bits per heavy atom. The minimum atomic E-state index is -5.82. The molecule has 1 aliphatic rings. The van der Waals surface area contributed by atoms with E-state index in [9.17, 15) is 30.8 Å². The van der Waals surface area contributed by atoms with Gasteiger partial charge in [0.25, 0.3) is 0 Å². The van der Waals surface area contributed by atoms with Crippen LogP contribution in [0.25, 0.3) is 11.3 Å². The number of aryl methyl sites for hydroxylation is 1. The first-order valence-electron chi connectivity index (χ1n) is 10.8. The number of rotatable bonds is 6. The molecular formula is C23H20F4N4O4S. The van der Waals surface area contributed by atoms with Crippen LogP contribution in [0, 0.1) is 5.82 Å². The Balaban J connectivity index is 1.55. The van der Waals surface area contributed by atoms with E-state index in [1.807, 2.05) is 6.08 Å². The monoisotopic (exact) mass is 524 g/mol. The summed E-state index contributed by atoms with van der Waals surface area (Å²) in [6.07, 6.45) is 4.11. The van der Waals surface area contributed by atoms with Gasteiger partial charge < -0.3 is 9.08 Å². The third-order valence-electron chi connectivity index (χ3n) is 5.58. The van der Waals surface area contributed by atoms with Crippen LogP contribution in [0.15, 0.2) is 59.7 Å². The van der Waals surface area contributed by atoms with Crippen molar-refractivity contribution in [3.8, 4) is 11.4 Å². The molecule has 0 bridgehead atoms. The number of benzene rings is 2. The molecule has 0 saturated carbocycles. The second kappa shape index (κ2) is 9.72. The van der Waals surface area contributed by atoms with Gasteiger partial charge in [-0.15, -0.1) is 0 Å². The molecular weight excluding hydrogens is 504 g/mol. The van der Waals surface area contributed by atoms with E-state index in [1.165, 1.54) is 24.5 Å². The highest BCUT2D eigenvalue weighted by Crippen LogP contribution is 2.29. The number of hydrogen-bond donors (Lipinski definition) is 0. The van der Waals surface area contributed by atoms with E-state index in [1.54, 1.807) is 24.0 Å². The third kappa shape index (κ3) is 5.25. The zero-order valence-electron chi connectivity index (χ0n) is 18.9. The van der Waals surface area contributed by atoms with E-state index in [2.05, 4.69) is 14.2 Å². The molecule has 0 radical (unpaired) electrons. The maximum atomic E-state index is 13.2. The first-order valence-corrected chi connectivity index (χ1v) is 12.2. The first kappa shape index (κ1) is 25.4. The summed E-state index contributed by atoms with van der Waals surface area (Å²) in [6, 6.07) is 9.59. The van der Waals surface area contributed by atoms with Crippen molar-refractivity contribution in [1.82, 2.24) is 14.5 Å². The van der Waals surface area contributed by atoms with Gasteiger partial charge in [0.1, 0.15) is 17.9 Å². The SMILES string of the molecule is CCc1cc(OS(=O)(=O)C(F)(F)F)ccc1-n1cnc(N2CC=C(c3ccc(F)cc3)CC2)nc1=O. The maximum Gasteiger partial charge on any atom is 0.534 e. The molecule has 8 nitrogen and oxygen atoms in total. The van der Waals surface area contributed by atoms with Gasteiger partial charge in [0.2, 0.25) is 5.95 Å². The summed E-state index contributed by atoms with van der Waals surface area (Å²) in [5, 5.41) is 0. The molecule has 0 aliphatic carbocycles. The summed E-state index contributed by atoms with van der Waals surface area (Å²) in [4.78, 5) is 22.9. The lowest BCUT2D eigenvalue weighted by Crippen LogP contribution is -2.33. The van der Waals surface area contributed by atoms with Gasteiger partial charge in [-0.1, -0.05) is 25.1 Å². The highest BCUT2D eigenvalue weighted by Gasteiger charge is 2.48. The zero-order chi connectivity index (χ0) is 26.1. The lowest BCUT2D eigenvalue weighted by molar-refractivity contribution is -0.0500. The number of hydrogen-bond acceptors (Lipinski definition) is 7. The first-order chi connectivity index (χ1) is 17.0. The molecule has 0 N–H and O–H groups in total. The van der Waals surface area contributed by atoms with Crippen LogP contribution in [-0.4, -0.2) is 41.6 Å². The quantitative estimate of drug-likeness (QED) is 0.275. The Labute approximate surface area is 203 Å². The van der Waals surface area contributed by atoms with Gasteiger partial charge in [0.05, 0.1) is 5.69 Å². The van der Waals surface area contributed by atoms with Crippen molar-refractivity contribution >= 4 is 21.6 Å². The van der Waals surface area contributed by atoms with E-state index < -0.39 is 27.1 Å². The van der Waals surface area contributed by atoms with E-state index >= 15 is 0 Å². The van der Waals surface area contributed by atoms with Gasteiger partial charge in [-0.25, -0.2) is 14.2 Å². The lowest BCUT2D eigenvalue weighted by atomic mass is 10.00. The smallest absolute Gasteiger partial charge is 0.376 e. The van der Waals surface area contributed by atoms with Gasteiger partial charge in [-0.2, -0.15) is 26.6 Å². The van der Waals surface area contributed by atoms with Crippen LogP contribution in [0.2, 0.25) is 0 Å². The molecule has 0 atom stereocenters. The third-order valence-corrected chi connectivity index (χ3v) is 6.56. The minimum Gasteiger partial charge on any atom is -0.376 e. The Hall–Kier alpha value is -3.74. The van der Waals surface area contributed by atoms with Gasteiger partial charge in [0.15, 0.2) is 0 Å². The fourth-order valence-corrected chi connectivity index (χ4v) is 4.18. The van der Waals surface area contributed by atoms with Crippen LogP contribution >= 0.6 is 0 Å². The van der Waals surface area contributed by atoms with Gasteiger partial charge in [0, 0.05) is 13.1 Å². The molecule has 1 aromatic heterocycles. The molecule has 0 amide bonds. The highest BCUT2D eigenvalue weighted by atomic mass is 32.2. The molecule has 2 aromatic carbocycles. The summed E-state index contributed by atoms with van der Waals surface area (Å²) >= 11 is 0. The molecule has 0 unspecified atom stereocenters. The normalized spacial score (nSPS) is 14.5. The topological polar surface area (TPSA) is 94.4 Å². The van der Waals surface area contributed by atoms with Crippen LogP contribution in [0.4, 0.5) is 23.5 Å². The van der Waals surface area contributed by atoms with Crippen molar-refractivity contribution in [3.63, 3.8) is 0 Å². The fraction of sp³-hybridized carbons (Fsp3) is 0.261. The predicted octanol–water partition coefficient (Wildman–Crippen LogP) is 3.85. The minimum absolute atomic E-state index is 0.208. The van der Waals surface area contributed by atoms with Crippen molar-refractivity contribution in [2.45, 2.75) is 25.3 Å². The van der Waals surface area contributed by atoms with Crippen molar-refractivity contribution in [1.29, 1.82) is 0 Å². The van der Waals surface area contributed by atoms with Crippen LogP contribution in [0.3, 0.4) is 0 Å². The van der Waals surface area contributed by atoms with E-state index in [0.29, 0.717) is 25.1 Å². The zero-order valence-corrected chi connectivity index (χ0v) is 19.7. The van der Waals surface area contributed by atoms with E-state index in [0.717, 1.165) is 27.8 Å². The van der Waals surface area contributed by atoms with Crippen LogP contribution < -0.4 is 14.8 Å². The summed E-state index contributed by atoms with van der Waals surface area (Å²) in [5.74, 6) is -0.638. The molecule has 4 rings (SSSR count). The molecule has 0 fully saturated rings. The lowest BCUT2D eigenvalue weighted by Gasteiger charge is -2.26. The summed E-state index contributed by atoms with van der Waals surface area (Å²) in [6.45, 7) is 2.66. The van der Waals surface area contributed by atoms with Crippen LogP contribution in [0.1, 0.15) is 24.5 Å². The van der Waals surface area contributed by atoms with E-state index in [-0.39, 0.29) is 23.9 Å². The van der Waals surface area contributed by atoms with Crippen LogP contribution in [0.5, 0.6) is 5.75 Å². The Kier molecular flexibility index (Phi) is 6.85. The molecule has 190 valence electrons. The average molecular weight is 524 g/mol. The number of anilines is 1. The second-order valence-corrected chi connectivity index (χ2v) is 9.41. The van der Waals surface area contributed by atoms with Crippen molar-refractivity contribution in [2.75, 3.05) is 18.0 Å². The highest BCUT2D eigenvalue weighted by molar-refractivity contribution is 7.88. The number of halogens is 4. The number of alkyl halides is 3. The number of nitrogens with zero attached hydrogens (tertiary/aromatic N) is 4. The van der Waals surface area contributed by atoms with Crippen molar-refractivity contribution < 1.29 is 30.2 Å². The van der Waals surface area contributed by atoms with Gasteiger partial charge >= 0.3 is 21.3 Å². The largest absolute Gasteiger partial charge is 0.534 e. The standard InChI is InChI=1S/C23H20F4N4O4S/c1-2-15-13-19(35-36(33,34)23(25,26)27)7-8-20(15)31-14-28-21(29-22(31)32)30-11-9-17(10-12-30)16-3-5-18(24)6-4-16/h3-9,13-14H,2,10-12H2,1H3. The van der Waals surface area contributed by atoms with Crippen LogP contribution in [-0.2, 0) is 16.5 Å². The van der Waals surface area contributed by atoms with Crippen molar-refractivity contribution in [2.24, 2.45) is 0 Å². The second-order valence-electron chi connectivity index (χ2n) is 7.87. The predicted molar refractivity (Wildman–Crippen MR) is 124 cm³/mol. The summed E-state index contributed by atoms with van der Waals surface area (Å²) in [5.41, 5.74) is -3.64. The molecule has 3 aromatic rings. The Morgan fingerprint density at radius 3 is 2.42 bits per heavy atom. The van der Waals surface area contributed by atoms with Gasteiger partial charge in [-0.3, -0.25) is 4.57 Å². The molecule has 2 heterocycles. The molecule has 0 saturated heterocycles. The van der Waals surface area contributed by atoms with Crippen molar-refractivity contribution in [3.05, 3.63) is 82.3 Å². The Bertz CT molecular complexity index is 1470. The summed E-state index contributed by atoms with van der Waals surface area (Å²) < 4.78 is 78.9. The molecule has 36 heavy (non-hydrogen) atoms. The average Bonchev–Trinajstić information content (AvgIpc) is 2.84. The maximum absolute atomic E-state index is 13.2. The fourth-order valence-electron chi connectivity index (χ4n) is 3.73. The van der Waals surface area contributed by atoms with Gasteiger partial charge in [-0.05, 0) is 59.9 Å². The summed E-state index contributed by atoms with van der Waals surface area (Å²) in [7, 11) is -5.82. The number of aromatic nitrogens is 3. The Morgan fingerprint density at radius 2 is 1.83 bits per heavy atom. The molecule has 13 heteroatoms. The molecule has 1 aliphatic heterocycles. The molecule has 0 spiro atoms. The van der Waals surface area contributed by atoms with E-state index in [4.69, 9.17) is 0 Å².